The van der Waals surface area contributed by atoms with Crippen LogP contribution in [0.2, 0.25) is 0 Å². The van der Waals surface area contributed by atoms with Crippen molar-refractivity contribution < 1.29 is 38.1 Å². The van der Waals surface area contributed by atoms with E-state index in [0.717, 1.165) is 0 Å². The van der Waals surface area contributed by atoms with Crippen molar-refractivity contribution in [3.8, 4) is 0 Å². The predicted octanol–water partition coefficient (Wildman–Crippen LogP) is 0.256. The Morgan fingerprint density at radius 2 is 1.71 bits per heavy atom. The van der Waals surface area contributed by atoms with Crippen LogP contribution in [0.3, 0.4) is 0 Å². The van der Waals surface area contributed by atoms with E-state index in [4.69, 9.17) is 23.7 Å². The molecule has 0 aromatic rings. The lowest BCUT2D eigenvalue weighted by Crippen LogP contribution is -2.58. The van der Waals surface area contributed by atoms with Crippen molar-refractivity contribution in [3.63, 3.8) is 0 Å². The van der Waals surface area contributed by atoms with Crippen LogP contribution >= 0.6 is 11.8 Å². The van der Waals surface area contributed by atoms with Crippen LogP contribution in [-0.2, 0) is 38.1 Å². The number of thioether (sulfide) groups is 1. The highest BCUT2D eigenvalue weighted by molar-refractivity contribution is 8.14. The maximum absolute atomic E-state index is 11.5. The largest absolute Gasteiger partial charge is 0.476 e. The molecule has 10 heteroatoms. The van der Waals surface area contributed by atoms with E-state index in [-0.39, 0.29) is 6.61 Å². The second kappa shape index (κ2) is 7.84. The van der Waals surface area contributed by atoms with Gasteiger partial charge in [-0.1, -0.05) is 11.8 Å². The Hall–Kier alpha value is -1.81. The van der Waals surface area contributed by atoms with Gasteiger partial charge in [-0.05, 0) is 0 Å². The molecule has 0 spiro atoms. The highest BCUT2D eigenvalue weighted by Crippen LogP contribution is 2.39. The fourth-order valence-electron chi connectivity index (χ4n) is 2.47. The molecule has 0 aliphatic carbocycles. The summed E-state index contributed by atoms with van der Waals surface area (Å²) in [5.74, 6) is -1.60. The zero-order valence-electron chi connectivity index (χ0n) is 13.7. The van der Waals surface area contributed by atoms with E-state index in [0.29, 0.717) is 5.23 Å². The van der Waals surface area contributed by atoms with Gasteiger partial charge >= 0.3 is 17.9 Å². The number of nitrogens with zero attached hydrogens (tertiary/aromatic N) is 1. The molecular formula is C14H19NO8S. The van der Waals surface area contributed by atoms with Crippen LogP contribution in [0.4, 0.5) is 0 Å². The minimum atomic E-state index is -0.925. The third-order valence-electron chi connectivity index (χ3n) is 3.31. The molecule has 2 heterocycles. The van der Waals surface area contributed by atoms with Gasteiger partial charge in [0.2, 0.25) is 5.23 Å². The average molecular weight is 361 g/mol. The van der Waals surface area contributed by atoms with E-state index in [1.165, 1.54) is 39.6 Å². The van der Waals surface area contributed by atoms with Crippen molar-refractivity contribution in [1.82, 2.24) is 0 Å². The second-order valence-electron chi connectivity index (χ2n) is 5.20. The van der Waals surface area contributed by atoms with Crippen LogP contribution in [-0.4, -0.2) is 66.6 Å². The third kappa shape index (κ3) is 4.38. The lowest BCUT2D eigenvalue weighted by Gasteiger charge is -2.41. The molecule has 0 radical (unpaired) electrons. The maximum atomic E-state index is 11.5. The highest BCUT2D eigenvalue weighted by atomic mass is 32.2. The molecule has 1 fully saturated rings. The zero-order chi connectivity index (χ0) is 17.9. The standard InChI is InChI=1S/C14H19NO8S/c1-6(16)20-5-9-10(21-7(2)17)11(22-8(3)18)12-13(23-9)15-14(19-4)24-12/h9-13H,5H2,1-4H3/t9-,10-,11+,12+,13-/m1/s1. The quantitative estimate of drug-likeness (QED) is 0.514. The first kappa shape index (κ1) is 18.5. The SMILES string of the molecule is COC1=N[C@@H]2O[C@H](COC(C)=O)[C@@H](OC(C)=O)[C@H](OC(C)=O)[C@@H]2S1. The minimum Gasteiger partial charge on any atom is -0.476 e. The first-order valence-electron chi connectivity index (χ1n) is 7.23. The first-order chi connectivity index (χ1) is 11.3. The summed E-state index contributed by atoms with van der Waals surface area (Å²) in [5, 5.41) is -0.0568. The number of ether oxygens (including phenoxy) is 5. The Bertz CT molecular complexity index is 551. The van der Waals surface area contributed by atoms with E-state index in [2.05, 4.69) is 4.99 Å². The Kier molecular flexibility index (Phi) is 6.05. The molecule has 2 rings (SSSR count). The van der Waals surface area contributed by atoms with Crippen molar-refractivity contribution in [2.45, 2.75) is 50.6 Å². The molecule has 0 amide bonds. The van der Waals surface area contributed by atoms with Crippen LogP contribution in [0, 0.1) is 0 Å². The zero-order valence-corrected chi connectivity index (χ0v) is 14.5. The van der Waals surface area contributed by atoms with Gasteiger partial charge in [0.15, 0.2) is 18.4 Å². The second-order valence-corrected chi connectivity index (χ2v) is 6.33. The molecule has 0 bridgehead atoms. The fourth-order valence-corrected chi connectivity index (χ4v) is 3.55. The summed E-state index contributed by atoms with van der Waals surface area (Å²) in [7, 11) is 1.46. The molecular weight excluding hydrogens is 342 g/mol. The number of methoxy groups -OCH3 is 1. The number of rotatable bonds is 4. The number of hydrogen-bond acceptors (Lipinski definition) is 10. The summed E-state index contributed by atoms with van der Waals surface area (Å²) in [6.45, 7) is 3.59. The van der Waals surface area contributed by atoms with Crippen molar-refractivity contribution in [2.75, 3.05) is 13.7 Å². The number of aliphatic imine (C=N–C) groups is 1. The molecule has 0 aromatic heterocycles. The van der Waals surface area contributed by atoms with E-state index in [9.17, 15) is 14.4 Å². The highest BCUT2D eigenvalue weighted by Gasteiger charge is 2.53. The van der Waals surface area contributed by atoms with Gasteiger partial charge in [0.25, 0.3) is 0 Å². The first-order valence-corrected chi connectivity index (χ1v) is 8.11. The van der Waals surface area contributed by atoms with Crippen LogP contribution in [0.15, 0.2) is 4.99 Å². The molecule has 2 aliphatic rings. The lowest BCUT2D eigenvalue weighted by atomic mass is 10.00. The summed E-state index contributed by atoms with van der Waals surface area (Å²) in [5.41, 5.74) is 0. The van der Waals surface area contributed by atoms with Crippen LogP contribution in [0.5, 0.6) is 0 Å². The van der Waals surface area contributed by atoms with Gasteiger partial charge < -0.3 is 23.7 Å². The van der Waals surface area contributed by atoms with Gasteiger partial charge in [0.05, 0.1) is 7.11 Å². The molecule has 0 aromatic carbocycles. The van der Waals surface area contributed by atoms with Gasteiger partial charge in [-0.2, -0.15) is 0 Å². The van der Waals surface area contributed by atoms with E-state index in [1.54, 1.807) is 0 Å². The molecule has 0 N–H and O–H groups in total. The molecule has 0 unspecified atom stereocenters. The van der Waals surface area contributed by atoms with Crippen LogP contribution in [0.25, 0.3) is 0 Å². The van der Waals surface area contributed by atoms with Gasteiger partial charge in [-0.3, -0.25) is 14.4 Å². The van der Waals surface area contributed by atoms with E-state index in [1.807, 2.05) is 0 Å². The topological polar surface area (TPSA) is 110 Å². The lowest BCUT2D eigenvalue weighted by molar-refractivity contribution is -0.210. The average Bonchev–Trinajstić information content (AvgIpc) is 2.89. The molecule has 2 aliphatic heterocycles. The van der Waals surface area contributed by atoms with E-state index >= 15 is 0 Å². The van der Waals surface area contributed by atoms with Gasteiger partial charge in [0, 0.05) is 20.8 Å². The van der Waals surface area contributed by atoms with Crippen LogP contribution < -0.4 is 0 Å². The number of esters is 3. The van der Waals surface area contributed by atoms with Crippen molar-refractivity contribution in [1.29, 1.82) is 0 Å². The Balaban J connectivity index is 2.26. The van der Waals surface area contributed by atoms with Crippen molar-refractivity contribution in [3.05, 3.63) is 0 Å². The number of fused-ring (bicyclic) bond motifs is 1. The Morgan fingerprint density at radius 3 is 2.25 bits per heavy atom. The summed E-state index contributed by atoms with van der Waals surface area (Å²) >= 11 is 1.23. The normalized spacial score (nSPS) is 31.5. The Labute approximate surface area is 143 Å². The molecule has 0 saturated carbocycles. The smallest absolute Gasteiger partial charge is 0.303 e. The summed E-state index contributed by atoms with van der Waals surface area (Å²) in [4.78, 5) is 38.3. The third-order valence-corrected chi connectivity index (χ3v) is 4.56. The van der Waals surface area contributed by atoms with E-state index < -0.39 is 47.7 Å². The molecule has 134 valence electrons. The monoisotopic (exact) mass is 361 g/mol. The summed E-state index contributed by atoms with van der Waals surface area (Å²) < 4.78 is 26.5. The van der Waals surface area contributed by atoms with Gasteiger partial charge in [-0.15, -0.1) is 0 Å². The fraction of sp³-hybridized carbons (Fsp3) is 0.714. The molecule has 5 atom stereocenters. The number of carbonyl (C=O) groups is 3. The summed E-state index contributed by atoms with van der Waals surface area (Å²) in [6.07, 6.45) is -3.22. The molecule has 24 heavy (non-hydrogen) atoms. The van der Waals surface area contributed by atoms with Crippen LogP contribution in [0.1, 0.15) is 20.8 Å². The number of carbonyl (C=O) groups excluding carboxylic acids is 3. The van der Waals surface area contributed by atoms with Crippen molar-refractivity contribution in [2.24, 2.45) is 4.99 Å². The maximum Gasteiger partial charge on any atom is 0.303 e. The van der Waals surface area contributed by atoms with Gasteiger partial charge in [-0.25, -0.2) is 4.99 Å². The predicted molar refractivity (Wildman–Crippen MR) is 82.2 cm³/mol. The molecule has 1 saturated heterocycles. The number of hydrogen-bond donors (Lipinski definition) is 0. The van der Waals surface area contributed by atoms with Crippen molar-refractivity contribution >= 4 is 34.9 Å². The Morgan fingerprint density at radius 1 is 1.08 bits per heavy atom. The minimum absolute atomic E-state index is 0.156. The molecule has 9 nitrogen and oxygen atoms in total. The van der Waals surface area contributed by atoms with Gasteiger partial charge in [0.1, 0.15) is 18.0 Å². The summed E-state index contributed by atoms with van der Waals surface area (Å²) in [6, 6.07) is 0.